The third-order valence-corrected chi connectivity index (χ3v) is 3.40. The molecule has 1 aromatic carbocycles. The van der Waals surface area contributed by atoms with E-state index in [1.807, 2.05) is 12.1 Å². The highest BCUT2D eigenvalue weighted by atomic mass is 16.3. The quantitative estimate of drug-likeness (QED) is 0.790. The van der Waals surface area contributed by atoms with Gasteiger partial charge in [0.05, 0.1) is 5.56 Å². The fourth-order valence-corrected chi connectivity index (χ4v) is 2.19. The summed E-state index contributed by atoms with van der Waals surface area (Å²) in [7, 11) is 0. The molecule has 0 saturated carbocycles. The number of hydrogen-bond acceptors (Lipinski definition) is 4. The van der Waals surface area contributed by atoms with Crippen LogP contribution in [0.25, 0.3) is 0 Å². The van der Waals surface area contributed by atoms with E-state index in [1.165, 1.54) is 6.20 Å². The minimum Gasteiger partial charge on any atom is -0.507 e. The zero-order valence-electron chi connectivity index (χ0n) is 12.6. The molecule has 6 heteroatoms. The first-order valence-electron chi connectivity index (χ1n) is 7.13. The fraction of sp³-hybridized carbons (Fsp3) is 0.250. The number of H-pyrrole nitrogens is 1. The van der Waals surface area contributed by atoms with E-state index in [1.54, 1.807) is 12.1 Å². The van der Waals surface area contributed by atoms with Crippen molar-refractivity contribution >= 4 is 17.3 Å². The highest BCUT2D eigenvalue weighted by molar-refractivity contribution is 6.05. The maximum Gasteiger partial charge on any atom is 0.260 e. The van der Waals surface area contributed by atoms with E-state index < -0.39 is 11.5 Å². The summed E-state index contributed by atoms with van der Waals surface area (Å²) in [4.78, 5) is 27.7. The van der Waals surface area contributed by atoms with E-state index in [2.05, 4.69) is 29.0 Å². The molecular weight excluding hydrogens is 282 g/mol. The lowest BCUT2D eigenvalue weighted by Crippen LogP contribution is -2.21. The molecule has 0 aliphatic rings. The van der Waals surface area contributed by atoms with Crippen molar-refractivity contribution in [2.24, 2.45) is 0 Å². The van der Waals surface area contributed by atoms with Crippen LogP contribution in [-0.4, -0.2) is 29.1 Å². The number of benzene rings is 1. The van der Waals surface area contributed by atoms with Crippen LogP contribution < -0.4 is 15.8 Å². The third kappa shape index (κ3) is 3.46. The van der Waals surface area contributed by atoms with E-state index in [0.717, 1.165) is 24.8 Å². The molecule has 2 rings (SSSR count). The third-order valence-electron chi connectivity index (χ3n) is 3.40. The van der Waals surface area contributed by atoms with Crippen LogP contribution in [0.5, 0.6) is 5.75 Å². The summed E-state index contributed by atoms with van der Waals surface area (Å²) in [5, 5.41) is 12.3. The second kappa shape index (κ2) is 6.80. The molecule has 0 aliphatic carbocycles. The Bertz CT molecular complexity index is 703. The zero-order chi connectivity index (χ0) is 16.1. The number of aromatic amines is 1. The maximum atomic E-state index is 12.1. The van der Waals surface area contributed by atoms with Crippen LogP contribution in [0, 0.1) is 0 Å². The SMILES string of the molecule is CCN(CC)c1ccc(NC(=O)c2c[nH]c(=O)cc2O)cc1. The van der Waals surface area contributed by atoms with Gasteiger partial charge in [0.2, 0.25) is 0 Å². The Hall–Kier alpha value is -2.76. The van der Waals surface area contributed by atoms with Crippen LogP contribution in [-0.2, 0) is 0 Å². The average molecular weight is 301 g/mol. The molecule has 0 unspecified atom stereocenters. The van der Waals surface area contributed by atoms with Gasteiger partial charge in [-0.25, -0.2) is 0 Å². The molecule has 0 fully saturated rings. The summed E-state index contributed by atoms with van der Waals surface area (Å²) in [6.45, 7) is 5.98. The lowest BCUT2D eigenvalue weighted by Gasteiger charge is -2.21. The first-order valence-corrected chi connectivity index (χ1v) is 7.13. The zero-order valence-corrected chi connectivity index (χ0v) is 12.6. The largest absolute Gasteiger partial charge is 0.507 e. The Balaban J connectivity index is 2.13. The summed E-state index contributed by atoms with van der Waals surface area (Å²) in [5.74, 6) is -0.828. The molecule has 1 amide bonds. The molecule has 0 saturated heterocycles. The topological polar surface area (TPSA) is 85.4 Å². The summed E-state index contributed by atoms with van der Waals surface area (Å²) < 4.78 is 0. The number of nitrogens with one attached hydrogen (secondary N) is 2. The van der Waals surface area contributed by atoms with E-state index in [4.69, 9.17) is 0 Å². The van der Waals surface area contributed by atoms with Gasteiger partial charge in [0.15, 0.2) is 0 Å². The Morgan fingerprint density at radius 3 is 2.41 bits per heavy atom. The van der Waals surface area contributed by atoms with E-state index in [-0.39, 0.29) is 11.3 Å². The van der Waals surface area contributed by atoms with Gasteiger partial charge in [-0.3, -0.25) is 9.59 Å². The average Bonchev–Trinajstić information content (AvgIpc) is 2.50. The van der Waals surface area contributed by atoms with Gasteiger partial charge < -0.3 is 20.3 Å². The minimum atomic E-state index is -0.482. The minimum absolute atomic E-state index is 0.0208. The highest BCUT2D eigenvalue weighted by Crippen LogP contribution is 2.19. The summed E-state index contributed by atoms with van der Waals surface area (Å²) in [5.41, 5.74) is 1.26. The van der Waals surface area contributed by atoms with Crippen molar-refractivity contribution in [2.75, 3.05) is 23.3 Å². The molecule has 0 atom stereocenters. The predicted octanol–water partition coefficient (Wildman–Crippen LogP) is 2.18. The summed E-state index contributed by atoms with van der Waals surface area (Å²) >= 11 is 0. The summed E-state index contributed by atoms with van der Waals surface area (Å²) in [6, 6.07) is 8.42. The lowest BCUT2D eigenvalue weighted by atomic mass is 10.2. The number of amides is 1. The van der Waals surface area contributed by atoms with E-state index in [0.29, 0.717) is 5.69 Å². The molecule has 1 aromatic heterocycles. The second-order valence-corrected chi connectivity index (χ2v) is 4.77. The number of carbonyl (C=O) groups is 1. The monoisotopic (exact) mass is 301 g/mol. The number of pyridine rings is 1. The molecule has 22 heavy (non-hydrogen) atoms. The number of rotatable bonds is 5. The fourth-order valence-electron chi connectivity index (χ4n) is 2.19. The van der Waals surface area contributed by atoms with Crippen molar-refractivity contribution in [2.45, 2.75) is 13.8 Å². The molecule has 0 bridgehead atoms. The number of anilines is 2. The van der Waals surface area contributed by atoms with Crippen molar-refractivity contribution in [3.05, 3.63) is 52.4 Å². The number of carbonyl (C=O) groups excluding carboxylic acids is 1. The maximum absolute atomic E-state index is 12.1. The highest BCUT2D eigenvalue weighted by Gasteiger charge is 2.12. The molecule has 6 nitrogen and oxygen atoms in total. The van der Waals surface area contributed by atoms with Gasteiger partial charge in [-0.15, -0.1) is 0 Å². The van der Waals surface area contributed by atoms with Gasteiger partial charge in [0.25, 0.3) is 11.5 Å². The Labute approximate surface area is 128 Å². The van der Waals surface area contributed by atoms with Gasteiger partial charge in [-0.05, 0) is 38.1 Å². The van der Waals surface area contributed by atoms with Crippen molar-refractivity contribution in [1.29, 1.82) is 0 Å². The Morgan fingerprint density at radius 2 is 1.86 bits per heavy atom. The van der Waals surface area contributed by atoms with Crippen LogP contribution in [0.4, 0.5) is 11.4 Å². The van der Waals surface area contributed by atoms with Gasteiger partial charge in [0.1, 0.15) is 5.75 Å². The molecule has 1 heterocycles. The standard InChI is InChI=1S/C16H19N3O3/c1-3-19(4-2)12-7-5-11(6-8-12)18-16(22)13-10-17-15(21)9-14(13)20/h5-10H,3-4H2,1-2H3,(H,18,22)(H2,17,20,21). The van der Waals surface area contributed by atoms with Crippen molar-refractivity contribution < 1.29 is 9.90 Å². The van der Waals surface area contributed by atoms with Crippen molar-refractivity contribution in [3.8, 4) is 5.75 Å². The number of aromatic hydroxyl groups is 1. The van der Waals surface area contributed by atoms with Gasteiger partial charge in [-0.1, -0.05) is 0 Å². The number of aromatic nitrogens is 1. The van der Waals surface area contributed by atoms with Crippen LogP contribution >= 0.6 is 0 Å². The van der Waals surface area contributed by atoms with E-state index in [9.17, 15) is 14.7 Å². The number of nitrogens with zero attached hydrogens (tertiary/aromatic N) is 1. The predicted molar refractivity (Wildman–Crippen MR) is 86.7 cm³/mol. The first-order chi connectivity index (χ1) is 10.5. The number of hydrogen-bond donors (Lipinski definition) is 3. The lowest BCUT2D eigenvalue weighted by molar-refractivity contribution is 0.102. The van der Waals surface area contributed by atoms with Crippen LogP contribution in [0.15, 0.2) is 41.3 Å². The molecule has 0 spiro atoms. The summed E-state index contributed by atoms with van der Waals surface area (Å²) in [6.07, 6.45) is 1.19. The molecule has 3 N–H and O–H groups in total. The van der Waals surface area contributed by atoms with Crippen molar-refractivity contribution in [1.82, 2.24) is 4.98 Å². The second-order valence-electron chi connectivity index (χ2n) is 4.77. The Kier molecular flexibility index (Phi) is 4.83. The van der Waals surface area contributed by atoms with E-state index >= 15 is 0 Å². The molecular formula is C16H19N3O3. The molecule has 2 aromatic rings. The van der Waals surface area contributed by atoms with Gasteiger partial charge in [-0.2, -0.15) is 0 Å². The molecule has 116 valence electrons. The van der Waals surface area contributed by atoms with Crippen LogP contribution in [0.1, 0.15) is 24.2 Å². The van der Waals surface area contributed by atoms with Gasteiger partial charge in [0, 0.05) is 36.7 Å². The van der Waals surface area contributed by atoms with Crippen LogP contribution in [0.3, 0.4) is 0 Å². The smallest absolute Gasteiger partial charge is 0.260 e. The normalized spacial score (nSPS) is 10.3. The van der Waals surface area contributed by atoms with Crippen LogP contribution in [0.2, 0.25) is 0 Å². The molecule has 0 aliphatic heterocycles. The van der Waals surface area contributed by atoms with Crippen molar-refractivity contribution in [3.63, 3.8) is 0 Å². The van der Waals surface area contributed by atoms with Gasteiger partial charge >= 0.3 is 0 Å². The first kappa shape index (κ1) is 15.6. The molecule has 0 radical (unpaired) electrons. The Morgan fingerprint density at radius 1 is 1.23 bits per heavy atom.